The van der Waals surface area contributed by atoms with E-state index < -0.39 is 34.3 Å². The Hall–Kier alpha value is -2.65. The summed E-state index contributed by atoms with van der Waals surface area (Å²) in [7, 11) is -3.92. The molecular weight excluding hydrogens is 481 g/mol. The molecule has 34 heavy (non-hydrogen) atoms. The Morgan fingerprint density at radius 1 is 1.12 bits per heavy atom. The van der Waals surface area contributed by atoms with Crippen LogP contribution in [0.25, 0.3) is 0 Å². The topological polar surface area (TPSA) is 86.8 Å². The molecule has 0 aliphatic rings. The molecule has 186 valence electrons. The molecule has 0 saturated carbocycles. The van der Waals surface area contributed by atoms with E-state index in [1.54, 1.807) is 6.92 Å². The van der Waals surface area contributed by atoms with Crippen LogP contribution in [0.15, 0.2) is 48.5 Å². The molecule has 0 fully saturated rings. The average Bonchev–Trinajstić information content (AvgIpc) is 2.77. The number of nitrogens with one attached hydrogen (secondary N) is 1. The number of rotatable bonds is 11. The van der Waals surface area contributed by atoms with E-state index in [9.17, 15) is 22.4 Å². The van der Waals surface area contributed by atoms with Crippen molar-refractivity contribution < 1.29 is 22.4 Å². The number of hydrogen-bond acceptors (Lipinski definition) is 4. The predicted molar refractivity (Wildman–Crippen MR) is 133 cm³/mol. The van der Waals surface area contributed by atoms with Crippen LogP contribution in [0, 0.1) is 11.7 Å². The summed E-state index contributed by atoms with van der Waals surface area (Å²) in [5.74, 6) is -1.36. The van der Waals surface area contributed by atoms with Crippen molar-refractivity contribution in [3.63, 3.8) is 0 Å². The van der Waals surface area contributed by atoms with Crippen LogP contribution in [0.5, 0.6) is 0 Å². The third kappa shape index (κ3) is 7.70. The Balaban J connectivity index is 2.41. The lowest BCUT2D eigenvalue weighted by Gasteiger charge is -2.33. The summed E-state index contributed by atoms with van der Waals surface area (Å²) >= 11 is 5.84. The van der Waals surface area contributed by atoms with Crippen molar-refractivity contribution in [3.05, 3.63) is 64.9 Å². The van der Waals surface area contributed by atoms with Crippen molar-refractivity contribution >= 4 is 39.1 Å². The Morgan fingerprint density at radius 3 is 2.29 bits per heavy atom. The van der Waals surface area contributed by atoms with E-state index in [1.807, 2.05) is 44.2 Å². The summed E-state index contributed by atoms with van der Waals surface area (Å²) in [6.07, 6.45) is 1.29. The zero-order chi connectivity index (χ0) is 25.5. The minimum atomic E-state index is -3.92. The highest BCUT2D eigenvalue weighted by molar-refractivity contribution is 7.92. The van der Waals surface area contributed by atoms with E-state index in [4.69, 9.17) is 11.6 Å². The highest BCUT2D eigenvalue weighted by Crippen LogP contribution is 2.25. The minimum absolute atomic E-state index is 0.0548. The summed E-state index contributed by atoms with van der Waals surface area (Å²) in [5.41, 5.74) is 0.848. The van der Waals surface area contributed by atoms with Crippen molar-refractivity contribution in [2.24, 2.45) is 5.92 Å². The first-order valence-corrected chi connectivity index (χ1v) is 13.2. The lowest BCUT2D eigenvalue weighted by molar-refractivity contribution is -0.140. The first kappa shape index (κ1) is 27.6. The number of benzene rings is 2. The number of carbonyl (C=O) groups excluding carboxylic acids is 2. The molecule has 0 bridgehead atoms. The molecule has 1 N–H and O–H groups in total. The summed E-state index contributed by atoms with van der Waals surface area (Å²) in [6, 6.07) is 11.8. The highest BCUT2D eigenvalue weighted by Gasteiger charge is 2.31. The maximum atomic E-state index is 13.6. The number of halogens is 2. The summed E-state index contributed by atoms with van der Waals surface area (Å²) in [4.78, 5) is 27.8. The molecule has 0 aliphatic carbocycles. The molecule has 0 aliphatic heterocycles. The lowest BCUT2D eigenvalue weighted by Crippen LogP contribution is -2.52. The van der Waals surface area contributed by atoms with Gasteiger partial charge < -0.3 is 10.2 Å². The standard InChI is InChI=1S/C24H31ClFN3O4S/c1-5-22(24(31)27-14-17(2)3)28(15-18-9-7-6-8-10-18)23(30)16-29(34(4,32)33)19-11-12-21(26)20(25)13-19/h6-13,17,22H,5,14-16H2,1-4H3,(H,27,31)/t22-/m0/s1. The summed E-state index contributed by atoms with van der Waals surface area (Å²) in [6.45, 7) is 5.72. The molecule has 10 heteroatoms. The number of nitrogens with zero attached hydrogens (tertiary/aromatic N) is 2. The van der Waals surface area contributed by atoms with Gasteiger partial charge >= 0.3 is 0 Å². The van der Waals surface area contributed by atoms with Gasteiger partial charge in [-0.2, -0.15) is 0 Å². The van der Waals surface area contributed by atoms with Crippen molar-refractivity contribution in [1.82, 2.24) is 10.2 Å². The second-order valence-corrected chi connectivity index (χ2v) is 10.8. The van der Waals surface area contributed by atoms with E-state index in [-0.39, 0.29) is 29.1 Å². The Bertz CT molecular complexity index is 1100. The van der Waals surface area contributed by atoms with E-state index >= 15 is 0 Å². The van der Waals surface area contributed by atoms with Crippen LogP contribution >= 0.6 is 11.6 Å². The van der Waals surface area contributed by atoms with Gasteiger partial charge in [-0.3, -0.25) is 13.9 Å². The van der Waals surface area contributed by atoms with Crippen LogP contribution in [0.4, 0.5) is 10.1 Å². The van der Waals surface area contributed by atoms with Crippen LogP contribution in [-0.4, -0.2) is 50.5 Å². The van der Waals surface area contributed by atoms with Crippen LogP contribution in [0.2, 0.25) is 5.02 Å². The van der Waals surface area contributed by atoms with Gasteiger partial charge in [0.2, 0.25) is 21.8 Å². The maximum absolute atomic E-state index is 13.6. The third-order valence-electron chi connectivity index (χ3n) is 5.14. The normalized spacial score (nSPS) is 12.3. The maximum Gasteiger partial charge on any atom is 0.244 e. The van der Waals surface area contributed by atoms with Crippen LogP contribution < -0.4 is 9.62 Å². The molecule has 2 amide bonds. The Labute approximate surface area is 205 Å². The van der Waals surface area contributed by atoms with Crippen LogP contribution in [-0.2, 0) is 26.2 Å². The number of amides is 2. The molecule has 2 rings (SSSR count). The zero-order valence-electron chi connectivity index (χ0n) is 19.8. The second kappa shape index (κ2) is 12.2. The molecule has 7 nitrogen and oxygen atoms in total. The molecule has 1 atom stereocenters. The van der Waals surface area contributed by atoms with E-state index in [2.05, 4.69) is 5.32 Å². The summed E-state index contributed by atoms with van der Waals surface area (Å²) in [5, 5.41) is 2.59. The fourth-order valence-corrected chi connectivity index (χ4v) is 4.39. The Morgan fingerprint density at radius 2 is 1.76 bits per heavy atom. The van der Waals surface area contributed by atoms with E-state index in [0.717, 1.165) is 28.3 Å². The number of carbonyl (C=O) groups is 2. The van der Waals surface area contributed by atoms with Crippen LogP contribution in [0.1, 0.15) is 32.8 Å². The largest absolute Gasteiger partial charge is 0.354 e. The van der Waals surface area contributed by atoms with Gasteiger partial charge in [-0.25, -0.2) is 12.8 Å². The van der Waals surface area contributed by atoms with Gasteiger partial charge in [-0.05, 0) is 36.1 Å². The first-order chi connectivity index (χ1) is 15.9. The third-order valence-corrected chi connectivity index (χ3v) is 6.57. The average molecular weight is 512 g/mol. The number of sulfonamides is 1. The van der Waals surface area contributed by atoms with Gasteiger partial charge in [-0.15, -0.1) is 0 Å². The lowest BCUT2D eigenvalue weighted by atomic mass is 10.1. The van der Waals surface area contributed by atoms with Crippen molar-refractivity contribution in [1.29, 1.82) is 0 Å². The zero-order valence-corrected chi connectivity index (χ0v) is 21.4. The van der Waals surface area contributed by atoms with Gasteiger partial charge in [-0.1, -0.05) is 62.7 Å². The molecule has 0 spiro atoms. The van der Waals surface area contributed by atoms with Crippen molar-refractivity contribution in [2.45, 2.75) is 39.8 Å². The molecule has 0 radical (unpaired) electrons. The van der Waals surface area contributed by atoms with Gasteiger partial charge in [0, 0.05) is 13.1 Å². The molecule has 0 heterocycles. The SMILES string of the molecule is CC[C@@H](C(=O)NCC(C)C)N(Cc1ccccc1)C(=O)CN(c1ccc(F)c(Cl)c1)S(C)(=O)=O. The smallest absolute Gasteiger partial charge is 0.244 e. The fourth-order valence-electron chi connectivity index (χ4n) is 3.38. The number of hydrogen-bond donors (Lipinski definition) is 1. The molecule has 2 aromatic rings. The predicted octanol–water partition coefficient (Wildman–Crippen LogP) is 3.82. The molecule has 2 aromatic carbocycles. The molecule has 0 saturated heterocycles. The van der Waals surface area contributed by atoms with Crippen molar-refractivity contribution in [2.75, 3.05) is 23.7 Å². The second-order valence-electron chi connectivity index (χ2n) is 8.44. The van der Waals surface area contributed by atoms with Gasteiger partial charge in [0.1, 0.15) is 18.4 Å². The molecule has 0 aromatic heterocycles. The van der Waals surface area contributed by atoms with Gasteiger partial charge in [0.05, 0.1) is 17.0 Å². The van der Waals surface area contributed by atoms with E-state index in [1.165, 1.54) is 11.0 Å². The van der Waals surface area contributed by atoms with Crippen LogP contribution in [0.3, 0.4) is 0 Å². The highest BCUT2D eigenvalue weighted by atomic mass is 35.5. The summed E-state index contributed by atoms with van der Waals surface area (Å²) < 4.78 is 39.6. The van der Waals surface area contributed by atoms with E-state index in [0.29, 0.717) is 13.0 Å². The monoisotopic (exact) mass is 511 g/mol. The molecule has 0 unspecified atom stereocenters. The van der Waals surface area contributed by atoms with Crippen molar-refractivity contribution in [3.8, 4) is 0 Å². The van der Waals surface area contributed by atoms with Gasteiger partial charge in [0.25, 0.3) is 0 Å². The number of anilines is 1. The Kier molecular flexibility index (Phi) is 9.88. The first-order valence-electron chi connectivity index (χ1n) is 11.0. The molecular formula is C24H31ClFN3O4S. The quantitative estimate of drug-likeness (QED) is 0.497. The minimum Gasteiger partial charge on any atom is -0.354 e. The fraction of sp³-hybridized carbons (Fsp3) is 0.417. The van der Waals surface area contributed by atoms with Gasteiger partial charge in [0.15, 0.2) is 0 Å².